The number of hydrogen-bond acceptors (Lipinski definition) is 6. The molecule has 1 amide bonds. The summed E-state index contributed by atoms with van der Waals surface area (Å²) < 4.78 is 27.9. The SMILES string of the molecule is Cl.NC1CCC2CN(C(=O)CSCCOc3ccc(S(N)(=O)=O)cc3)CC12. The molecule has 1 aliphatic carbocycles. The first kappa shape index (κ1) is 22.3. The number of rotatable bonds is 7. The number of hydrogen-bond donors (Lipinski definition) is 2. The molecule has 4 N–H and O–H groups in total. The Balaban J connectivity index is 0.00000261. The minimum absolute atomic E-state index is 0. The van der Waals surface area contributed by atoms with Crippen LogP contribution in [0.1, 0.15) is 12.8 Å². The van der Waals surface area contributed by atoms with Gasteiger partial charge in [-0.25, -0.2) is 13.6 Å². The van der Waals surface area contributed by atoms with Gasteiger partial charge in [-0.2, -0.15) is 0 Å². The van der Waals surface area contributed by atoms with Crippen molar-refractivity contribution in [3.63, 3.8) is 0 Å². The lowest BCUT2D eigenvalue weighted by Gasteiger charge is -2.18. The largest absolute Gasteiger partial charge is 0.493 e. The maximum absolute atomic E-state index is 12.3. The highest BCUT2D eigenvalue weighted by atomic mass is 35.5. The molecular weight excluding hydrogens is 410 g/mol. The number of halogens is 1. The number of nitrogens with two attached hydrogens (primary N) is 2. The van der Waals surface area contributed by atoms with Gasteiger partial charge in [0.1, 0.15) is 5.75 Å². The molecule has 1 heterocycles. The molecule has 3 rings (SSSR count). The van der Waals surface area contributed by atoms with Gasteiger partial charge in [0.25, 0.3) is 0 Å². The van der Waals surface area contributed by atoms with E-state index in [0.717, 1.165) is 25.9 Å². The summed E-state index contributed by atoms with van der Waals surface area (Å²) in [6.45, 7) is 2.10. The molecule has 1 saturated carbocycles. The molecule has 1 aromatic carbocycles. The number of benzene rings is 1. The first-order chi connectivity index (χ1) is 12.3. The second kappa shape index (κ2) is 9.47. The van der Waals surface area contributed by atoms with Crippen molar-refractivity contribution in [2.45, 2.75) is 23.8 Å². The van der Waals surface area contributed by atoms with E-state index >= 15 is 0 Å². The zero-order valence-electron chi connectivity index (χ0n) is 15.0. The van der Waals surface area contributed by atoms with Crippen molar-refractivity contribution < 1.29 is 17.9 Å². The van der Waals surface area contributed by atoms with Crippen molar-refractivity contribution in [3.8, 4) is 5.75 Å². The van der Waals surface area contributed by atoms with Gasteiger partial charge in [-0.3, -0.25) is 4.79 Å². The second-order valence-electron chi connectivity index (χ2n) is 6.88. The number of carbonyl (C=O) groups excluding carboxylic acids is 1. The number of sulfonamides is 1. The van der Waals surface area contributed by atoms with Gasteiger partial charge < -0.3 is 15.4 Å². The summed E-state index contributed by atoms with van der Waals surface area (Å²) in [4.78, 5) is 14.3. The van der Waals surface area contributed by atoms with Crippen LogP contribution in [0.25, 0.3) is 0 Å². The summed E-state index contributed by atoms with van der Waals surface area (Å²) in [7, 11) is -3.69. The molecule has 7 nitrogen and oxygen atoms in total. The monoisotopic (exact) mass is 435 g/mol. The third-order valence-electron chi connectivity index (χ3n) is 5.14. The maximum atomic E-state index is 12.3. The minimum Gasteiger partial charge on any atom is -0.493 e. The lowest BCUT2D eigenvalue weighted by atomic mass is 9.98. The first-order valence-corrected chi connectivity index (χ1v) is 11.4. The van der Waals surface area contributed by atoms with E-state index in [4.69, 9.17) is 15.6 Å². The molecule has 3 unspecified atom stereocenters. The van der Waals surface area contributed by atoms with Crippen LogP contribution in [-0.4, -0.2) is 56.5 Å². The van der Waals surface area contributed by atoms with Crippen LogP contribution in [0, 0.1) is 11.8 Å². The highest BCUT2D eigenvalue weighted by Crippen LogP contribution is 2.37. The van der Waals surface area contributed by atoms with E-state index in [1.54, 1.807) is 23.9 Å². The van der Waals surface area contributed by atoms with Crippen LogP contribution < -0.4 is 15.6 Å². The lowest BCUT2D eigenvalue weighted by molar-refractivity contribution is -0.127. The molecule has 1 aliphatic heterocycles. The van der Waals surface area contributed by atoms with Crippen LogP contribution in [0.5, 0.6) is 5.75 Å². The Bertz CT molecular complexity index is 745. The van der Waals surface area contributed by atoms with Gasteiger partial charge in [0.2, 0.25) is 15.9 Å². The van der Waals surface area contributed by atoms with E-state index in [2.05, 4.69) is 0 Å². The number of primary sulfonamides is 1. The number of ether oxygens (including phenoxy) is 1. The molecule has 0 spiro atoms. The van der Waals surface area contributed by atoms with Crippen molar-refractivity contribution in [2.24, 2.45) is 22.7 Å². The lowest BCUT2D eigenvalue weighted by Crippen LogP contribution is -2.34. The molecular formula is C17H26ClN3O4S2. The summed E-state index contributed by atoms with van der Waals surface area (Å²) in [5.41, 5.74) is 6.11. The average molecular weight is 436 g/mol. The molecule has 0 bridgehead atoms. The number of fused-ring (bicyclic) bond motifs is 1. The Hall–Kier alpha value is -1.00. The molecule has 0 radical (unpaired) electrons. The summed E-state index contributed by atoms with van der Waals surface area (Å²) in [6.07, 6.45) is 2.22. The van der Waals surface area contributed by atoms with Gasteiger partial charge >= 0.3 is 0 Å². The van der Waals surface area contributed by atoms with E-state index in [1.165, 1.54) is 12.1 Å². The predicted octanol–water partition coefficient (Wildman–Crippen LogP) is 1.06. The second-order valence-corrected chi connectivity index (χ2v) is 9.55. The number of thioether (sulfide) groups is 1. The topological polar surface area (TPSA) is 116 Å². The highest BCUT2D eigenvalue weighted by molar-refractivity contribution is 7.99. The zero-order valence-corrected chi connectivity index (χ0v) is 17.4. The molecule has 10 heteroatoms. The summed E-state index contributed by atoms with van der Waals surface area (Å²) in [5.74, 6) is 2.95. The van der Waals surface area contributed by atoms with E-state index < -0.39 is 10.0 Å². The molecule has 27 heavy (non-hydrogen) atoms. The molecule has 3 atom stereocenters. The van der Waals surface area contributed by atoms with Crippen LogP contribution >= 0.6 is 24.2 Å². The van der Waals surface area contributed by atoms with Gasteiger partial charge in [0.15, 0.2) is 0 Å². The van der Waals surface area contributed by atoms with Crippen molar-refractivity contribution in [3.05, 3.63) is 24.3 Å². The Labute approximate surface area is 170 Å². The Morgan fingerprint density at radius 2 is 1.93 bits per heavy atom. The fourth-order valence-corrected chi connectivity index (χ4v) is 4.92. The number of nitrogens with zero attached hydrogens (tertiary/aromatic N) is 1. The third kappa shape index (κ3) is 5.74. The van der Waals surface area contributed by atoms with Gasteiger partial charge in [-0.05, 0) is 48.9 Å². The number of amides is 1. The zero-order chi connectivity index (χ0) is 18.7. The van der Waals surface area contributed by atoms with Gasteiger partial charge in [-0.1, -0.05) is 0 Å². The molecule has 1 saturated heterocycles. The summed E-state index contributed by atoms with van der Waals surface area (Å²) >= 11 is 1.54. The van der Waals surface area contributed by atoms with Gasteiger partial charge in [-0.15, -0.1) is 24.2 Å². The standard InChI is InChI=1S/C17H25N3O4S2.ClH/c18-16-6-1-12-9-20(10-15(12)16)17(21)11-25-8-7-24-13-2-4-14(5-3-13)26(19,22)23;/h2-5,12,15-16H,1,6-11,18H2,(H2,19,22,23);1H. The van der Waals surface area contributed by atoms with Crippen LogP contribution in [-0.2, 0) is 14.8 Å². The van der Waals surface area contributed by atoms with Crippen LogP contribution in [0.2, 0.25) is 0 Å². The molecule has 2 aliphatic rings. The number of likely N-dealkylation sites (tertiary alicyclic amines) is 1. The van der Waals surface area contributed by atoms with Gasteiger partial charge in [0, 0.05) is 24.9 Å². The van der Waals surface area contributed by atoms with E-state index in [1.807, 2.05) is 4.90 Å². The number of carbonyl (C=O) groups is 1. The smallest absolute Gasteiger partial charge is 0.238 e. The first-order valence-electron chi connectivity index (χ1n) is 8.71. The molecule has 2 fully saturated rings. The van der Waals surface area contributed by atoms with E-state index in [-0.39, 0.29) is 29.3 Å². The fourth-order valence-electron chi connectivity index (χ4n) is 3.71. The van der Waals surface area contributed by atoms with Crippen LogP contribution in [0.3, 0.4) is 0 Å². The Kier molecular flexibility index (Phi) is 7.82. The third-order valence-corrected chi connectivity index (χ3v) is 6.97. The molecule has 0 aromatic heterocycles. The molecule has 1 aromatic rings. The minimum atomic E-state index is -3.69. The highest BCUT2D eigenvalue weighted by Gasteiger charge is 2.42. The van der Waals surface area contributed by atoms with Crippen LogP contribution in [0.4, 0.5) is 0 Å². The van der Waals surface area contributed by atoms with Crippen LogP contribution in [0.15, 0.2) is 29.2 Å². The fraction of sp³-hybridized carbons (Fsp3) is 0.588. The summed E-state index contributed by atoms with van der Waals surface area (Å²) in [6, 6.07) is 6.22. The van der Waals surface area contributed by atoms with Crippen molar-refractivity contribution >= 4 is 40.1 Å². The Morgan fingerprint density at radius 1 is 1.22 bits per heavy atom. The van der Waals surface area contributed by atoms with Crippen molar-refractivity contribution in [1.29, 1.82) is 0 Å². The maximum Gasteiger partial charge on any atom is 0.238 e. The Morgan fingerprint density at radius 3 is 2.56 bits per heavy atom. The summed E-state index contributed by atoms with van der Waals surface area (Å²) in [5, 5.41) is 5.05. The van der Waals surface area contributed by atoms with Gasteiger partial charge in [0.05, 0.1) is 17.3 Å². The van der Waals surface area contributed by atoms with Crippen molar-refractivity contribution in [2.75, 3.05) is 31.2 Å². The molecule has 152 valence electrons. The quantitative estimate of drug-likeness (QED) is 0.618. The van der Waals surface area contributed by atoms with E-state index in [9.17, 15) is 13.2 Å². The predicted molar refractivity (Wildman–Crippen MR) is 109 cm³/mol. The van der Waals surface area contributed by atoms with Crippen molar-refractivity contribution in [1.82, 2.24) is 4.90 Å². The van der Waals surface area contributed by atoms with E-state index in [0.29, 0.717) is 35.7 Å². The normalized spacial score (nSPS) is 24.4. The average Bonchev–Trinajstić information content (AvgIpc) is 3.16.